The number of ether oxygens (including phenoxy) is 1. The van der Waals surface area contributed by atoms with Gasteiger partial charge in [-0.3, -0.25) is 4.57 Å². The Labute approximate surface area is 91.6 Å². The van der Waals surface area contributed by atoms with E-state index in [2.05, 4.69) is 20.3 Å². The molecule has 0 radical (unpaired) electrons. The van der Waals surface area contributed by atoms with Gasteiger partial charge in [0, 0.05) is 13.1 Å². The van der Waals surface area contributed by atoms with Crippen LogP contribution < -0.4 is 11.1 Å². The molecule has 1 aliphatic heterocycles. The van der Waals surface area contributed by atoms with Crippen LogP contribution in [0.1, 0.15) is 6.23 Å². The van der Waals surface area contributed by atoms with Crippen molar-refractivity contribution in [3.63, 3.8) is 0 Å². The first-order valence-electron chi connectivity index (χ1n) is 5.11. The average molecular weight is 220 g/mol. The van der Waals surface area contributed by atoms with Crippen molar-refractivity contribution in [1.82, 2.24) is 24.8 Å². The summed E-state index contributed by atoms with van der Waals surface area (Å²) in [6.45, 7) is 2.31. The van der Waals surface area contributed by atoms with Gasteiger partial charge in [-0.15, -0.1) is 0 Å². The second kappa shape index (κ2) is 3.69. The van der Waals surface area contributed by atoms with E-state index in [4.69, 9.17) is 10.5 Å². The Hall–Kier alpha value is -1.73. The SMILES string of the molecule is Nc1ncnc2c1ncn2C1CNCCO1. The zero-order chi connectivity index (χ0) is 11.0. The topological polar surface area (TPSA) is 90.9 Å². The fourth-order valence-electron chi connectivity index (χ4n) is 1.81. The molecule has 3 heterocycles. The number of morpholine rings is 1. The third-order valence-electron chi connectivity index (χ3n) is 2.61. The molecule has 16 heavy (non-hydrogen) atoms. The first-order valence-corrected chi connectivity index (χ1v) is 5.11. The smallest absolute Gasteiger partial charge is 0.167 e. The standard InChI is InChI=1S/C9H12N6O/c10-8-7-9(13-4-12-8)15(5-14-7)6-3-11-1-2-16-6/h4-6,11H,1-3H2,(H2,10,12,13). The molecule has 84 valence electrons. The van der Waals surface area contributed by atoms with Gasteiger partial charge in [-0.05, 0) is 0 Å². The van der Waals surface area contributed by atoms with Crippen molar-refractivity contribution < 1.29 is 4.74 Å². The zero-order valence-electron chi connectivity index (χ0n) is 8.63. The molecule has 7 nitrogen and oxygen atoms in total. The zero-order valence-corrected chi connectivity index (χ0v) is 8.63. The lowest BCUT2D eigenvalue weighted by Gasteiger charge is -2.24. The Balaban J connectivity index is 2.06. The van der Waals surface area contributed by atoms with Crippen LogP contribution in [0, 0.1) is 0 Å². The minimum Gasteiger partial charge on any atom is -0.382 e. The van der Waals surface area contributed by atoms with E-state index in [-0.39, 0.29) is 6.23 Å². The minimum absolute atomic E-state index is 0.0759. The third-order valence-corrected chi connectivity index (χ3v) is 2.61. The van der Waals surface area contributed by atoms with Crippen molar-refractivity contribution >= 4 is 17.0 Å². The normalized spacial score (nSPS) is 21.4. The number of nitrogens with zero attached hydrogens (tertiary/aromatic N) is 4. The maximum atomic E-state index is 5.72. The van der Waals surface area contributed by atoms with Gasteiger partial charge in [0.25, 0.3) is 0 Å². The van der Waals surface area contributed by atoms with E-state index in [1.807, 2.05) is 4.57 Å². The van der Waals surface area contributed by atoms with Crippen LogP contribution in [-0.2, 0) is 4.74 Å². The molecule has 0 aromatic carbocycles. The van der Waals surface area contributed by atoms with Crippen LogP contribution in [0.25, 0.3) is 11.2 Å². The molecule has 0 amide bonds. The van der Waals surface area contributed by atoms with Crippen molar-refractivity contribution in [2.45, 2.75) is 6.23 Å². The second-order valence-corrected chi connectivity index (χ2v) is 3.61. The predicted molar refractivity (Wildman–Crippen MR) is 57.6 cm³/mol. The van der Waals surface area contributed by atoms with Crippen LogP contribution in [-0.4, -0.2) is 39.2 Å². The number of fused-ring (bicyclic) bond motifs is 1. The van der Waals surface area contributed by atoms with Crippen molar-refractivity contribution in [3.8, 4) is 0 Å². The lowest BCUT2D eigenvalue weighted by atomic mass is 10.4. The summed E-state index contributed by atoms with van der Waals surface area (Å²) in [5.74, 6) is 0.396. The summed E-state index contributed by atoms with van der Waals surface area (Å²) in [5, 5.41) is 3.25. The highest BCUT2D eigenvalue weighted by atomic mass is 16.5. The van der Waals surface area contributed by atoms with Gasteiger partial charge in [0.1, 0.15) is 18.1 Å². The quantitative estimate of drug-likeness (QED) is 0.675. The maximum absolute atomic E-state index is 5.72. The van der Waals surface area contributed by atoms with Gasteiger partial charge in [-0.1, -0.05) is 0 Å². The van der Waals surface area contributed by atoms with Crippen LogP contribution in [0.4, 0.5) is 5.82 Å². The van der Waals surface area contributed by atoms with Crippen LogP contribution in [0.3, 0.4) is 0 Å². The molecule has 2 aromatic rings. The molecule has 1 atom stereocenters. The summed E-state index contributed by atoms with van der Waals surface area (Å²) < 4.78 is 7.50. The number of nitrogen functional groups attached to an aromatic ring is 1. The van der Waals surface area contributed by atoms with E-state index in [9.17, 15) is 0 Å². The van der Waals surface area contributed by atoms with E-state index in [0.717, 1.165) is 13.1 Å². The monoisotopic (exact) mass is 220 g/mol. The molecule has 1 saturated heterocycles. The predicted octanol–water partition coefficient (Wildman–Crippen LogP) is -0.473. The van der Waals surface area contributed by atoms with Crippen LogP contribution >= 0.6 is 0 Å². The summed E-state index contributed by atoms with van der Waals surface area (Å²) in [6.07, 6.45) is 3.05. The molecule has 1 aliphatic rings. The van der Waals surface area contributed by atoms with Crippen LogP contribution in [0.5, 0.6) is 0 Å². The van der Waals surface area contributed by atoms with Crippen molar-refractivity contribution in [3.05, 3.63) is 12.7 Å². The Morgan fingerprint density at radius 1 is 1.44 bits per heavy atom. The number of nitrogens with two attached hydrogens (primary N) is 1. The molecular weight excluding hydrogens is 208 g/mol. The number of anilines is 1. The molecule has 0 saturated carbocycles. The summed E-state index contributed by atoms with van der Waals surface area (Å²) in [4.78, 5) is 12.3. The number of aromatic nitrogens is 4. The molecular formula is C9H12N6O. The van der Waals surface area contributed by atoms with E-state index >= 15 is 0 Å². The Bertz CT molecular complexity index is 504. The highest BCUT2D eigenvalue weighted by Crippen LogP contribution is 2.19. The maximum Gasteiger partial charge on any atom is 0.167 e. The molecule has 0 spiro atoms. The molecule has 7 heteroatoms. The number of rotatable bonds is 1. The number of nitrogens with one attached hydrogen (secondary N) is 1. The van der Waals surface area contributed by atoms with Crippen LogP contribution in [0.2, 0.25) is 0 Å². The number of hydrogen-bond acceptors (Lipinski definition) is 6. The van der Waals surface area contributed by atoms with Crippen molar-refractivity contribution in [1.29, 1.82) is 0 Å². The molecule has 2 aromatic heterocycles. The van der Waals surface area contributed by atoms with E-state index in [0.29, 0.717) is 23.6 Å². The largest absolute Gasteiger partial charge is 0.382 e. The van der Waals surface area contributed by atoms with Gasteiger partial charge >= 0.3 is 0 Å². The summed E-state index contributed by atoms with van der Waals surface area (Å²) in [5.41, 5.74) is 7.05. The lowest BCUT2D eigenvalue weighted by molar-refractivity contribution is -0.0173. The highest BCUT2D eigenvalue weighted by Gasteiger charge is 2.18. The Kier molecular flexibility index (Phi) is 2.19. The minimum atomic E-state index is -0.0759. The lowest BCUT2D eigenvalue weighted by Crippen LogP contribution is -2.36. The van der Waals surface area contributed by atoms with Gasteiger partial charge in [0.15, 0.2) is 11.5 Å². The van der Waals surface area contributed by atoms with Gasteiger partial charge < -0.3 is 15.8 Å². The van der Waals surface area contributed by atoms with Crippen molar-refractivity contribution in [2.24, 2.45) is 0 Å². The first kappa shape index (κ1) is 9.49. The molecule has 0 bridgehead atoms. The molecule has 3 N–H and O–H groups in total. The Morgan fingerprint density at radius 2 is 2.38 bits per heavy atom. The fraction of sp³-hybridized carbons (Fsp3) is 0.444. The van der Waals surface area contributed by atoms with E-state index < -0.39 is 0 Å². The van der Waals surface area contributed by atoms with E-state index in [1.165, 1.54) is 6.33 Å². The summed E-state index contributed by atoms with van der Waals surface area (Å²) in [7, 11) is 0. The fourth-order valence-corrected chi connectivity index (χ4v) is 1.81. The van der Waals surface area contributed by atoms with Crippen LogP contribution in [0.15, 0.2) is 12.7 Å². The molecule has 0 aliphatic carbocycles. The Morgan fingerprint density at radius 3 is 3.19 bits per heavy atom. The van der Waals surface area contributed by atoms with Gasteiger partial charge in [-0.25, -0.2) is 15.0 Å². The molecule has 1 fully saturated rings. The third kappa shape index (κ3) is 1.41. The number of hydrogen-bond donors (Lipinski definition) is 2. The average Bonchev–Trinajstić information content (AvgIpc) is 2.75. The van der Waals surface area contributed by atoms with Gasteiger partial charge in [0.05, 0.1) is 12.9 Å². The van der Waals surface area contributed by atoms with Gasteiger partial charge in [0.2, 0.25) is 0 Å². The summed E-state index contributed by atoms with van der Waals surface area (Å²) >= 11 is 0. The molecule has 3 rings (SSSR count). The number of imidazole rings is 1. The highest BCUT2D eigenvalue weighted by molar-refractivity contribution is 5.81. The van der Waals surface area contributed by atoms with Crippen molar-refractivity contribution in [2.75, 3.05) is 25.4 Å². The van der Waals surface area contributed by atoms with Gasteiger partial charge in [-0.2, -0.15) is 0 Å². The first-order chi connectivity index (χ1) is 7.86. The summed E-state index contributed by atoms with van der Waals surface area (Å²) in [6, 6.07) is 0. The second-order valence-electron chi connectivity index (χ2n) is 3.61. The van der Waals surface area contributed by atoms with E-state index in [1.54, 1.807) is 6.33 Å². The molecule has 1 unspecified atom stereocenters.